The maximum absolute atomic E-state index is 11.9. The highest BCUT2D eigenvalue weighted by molar-refractivity contribution is 6.32. The molecule has 20 heavy (non-hydrogen) atoms. The Hall–Kier alpha value is -2.02. The molecule has 0 unspecified atom stereocenters. The van der Waals surface area contributed by atoms with Gasteiger partial charge in [0.25, 0.3) is 5.91 Å². The van der Waals surface area contributed by atoms with Gasteiger partial charge >= 0.3 is 0 Å². The number of nitrogens with one attached hydrogen (secondary N) is 1. The Kier molecular flexibility index (Phi) is 3.47. The largest absolute Gasteiger partial charge is 0.332 e. The van der Waals surface area contributed by atoms with E-state index in [-0.39, 0.29) is 23.1 Å². The summed E-state index contributed by atoms with van der Waals surface area (Å²) in [7, 11) is 0. The third-order valence-electron chi connectivity index (χ3n) is 3.15. The maximum atomic E-state index is 11.9. The fourth-order valence-corrected chi connectivity index (χ4v) is 2.21. The highest BCUT2D eigenvalue weighted by Gasteiger charge is 2.42. The smallest absolute Gasteiger partial charge is 0.251 e. The third-order valence-corrected chi connectivity index (χ3v) is 3.44. The summed E-state index contributed by atoms with van der Waals surface area (Å²) < 4.78 is 0. The average molecular weight is 297 g/mol. The standard InChI is InChI=1S/C12H13ClN4O3/c1-6-14-9(13)7(5-18)10(15-6)17-4-8(19)16-11(20)12(17,2)3/h5H,4H2,1-3H3,(H,16,19,20). The highest BCUT2D eigenvalue weighted by Crippen LogP contribution is 2.30. The molecule has 0 aromatic carbocycles. The summed E-state index contributed by atoms with van der Waals surface area (Å²) in [5, 5.41) is 2.25. The van der Waals surface area contributed by atoms with Gasteiger partial charge in [0.2, 0.25) is 5.91 Å². The number of hydrogen-bond acceptors (Lipinski definition) is 6. The van der Waals surface area contributed by atoms with Crippen LogP contribution in [-0.2, 0) is 9.59 Å². The summed E-state index contributed by atoms with van der Waals surface area (Å²) in [6.45, 7) is 4.79. The molecule has 2 rings (SSSR count). The molecular formula is C12H13ClN4O3. The Morgan fingerprint density at radius 2 is 2.00 bits per heavy atom. The lowest BCUT2D eigenvalue weighted by atomic mass is 9.98. The molecule has 0 radical (unpaired) electrons. The minimum absolute atomic E-state index is 0.00303. The van der Waals surface area contributed by atoms with Gasteiger partial charge in [0.05, 0.1) is 12.1 Å². The zero-order valence-corrected chi connectivity index (χ0v) is 12.0. The second-order valence-electron chi connectivity index (χ2n) is 4.94. The molecule has 7 nitrogen and oxygen atoms in total. The fourth-order valence-electron chi connectivity index (χ4n) is 1.96. The number of hydrogen-bond donors (Lipinski definition) is 1. The molecular weight excluding hydrogens is 284 g/mol. The summed E-state index contributed by atoms with van der Waals surface area (Å²) in [5.41, 5.74) is -0.969. The molecule has 0 bridgehead atoms. The van der Waals surface area contributed by atoms with Crippen LogP contribution < -0.4 is 10.2 Å². The van der Waals surface area contributed by atoms with E-state index in [1.54, 1.807) is 20.8 Å². The molecule has 8 heteroatoms. The quantitative estimate of drug-likeness (QED) is 0.485. The Balaban J connectivity index is 2.62. The number of rotatable bonds is 2. The molecule has 0 saturated carbocycles. The van der Waals surface area contributed by atoms with E-state index in [9.17, 15) is 14.4 Å². The average Bonchev–Trinajstić information content (AvgIpc) is 2.33. The van der Waals surface area contributed by atoms with Crippen molar-refractivity contribution in [3.8, 4) is 0 Å². The summed E-state index contributed by atoms with van der Waals surface area (Å²) in [6.07, 6.45) is 0.518. The van der Waals surface area contributed by atoms with Gasteiger partial charge in [-0.3, -0.25) is 19.7 Å². The van der Waals surface area contributed by atoms with Crippen molar-refractivity contribution in [2.45, 2.75) is 26.3 Å². The molecule has 0 aliphatic carbocycles. The molecule has 1 aliphatic heterocycles. The molecule has 1 N–H and O–H groups in total. The van der Waals surface area contributed by atoms with Gasteiger partial charge in [-0.2, -0.15) is 0 Å². The van der Waals surface area contributed by atoms with Gasteiger partial charge in [0, 0.05) is 0 Å². The van der Waals surface area contributed by atoms with Gasteiger partial charge < -0.3 is 4.90 Å². The van der Waals surface area contributed by atoms with Gasteiger partial charge in [-0.05, 0) is 20.8 Å². The molecule has 2 heterocycles. The van der Waals surface area contributed by atoms with E-state index in [0.29, 0.717) is 12.1 Å². The number of nitrogens with zero attached hydrogens (tertiary/aromatic N) is 3. The maximum Gasteiger partial charge on any atom is 0.251 e. The van der Waals surface area contributed by atoms with Crippen molar-refractivity contribution in [2.24, 2.45) is 0 Å². The summed E-state index contributed by atoms with van der Waals surface area (Å²) in [4.78, 5) is 44.2. The Morgan fingerprint density at radius 1 is 1.35 bits per heavy atom. The summed E-state index contributed by atoms with van der Waals surface area (Å²) in [6, 6.07) is 0. The van der Waals surface area contributed by atoms with Crippen LogP contribution in [0.4, 0.5) is 5.82 Å². The van der Waals surface area contributed by atoms with Crippen LogP contribution in [0.15, 0.2) is 0 Å². The van der Waals surface area contributed by atoms with E-state index in [1.165, 1.54) is 4.90 Å². The van der Waals surface area contributed by atoms with Crippen molar-refractivity contribution in [1.29, 1.82) is 0 Å². The number of amides is 2. The van der Waals surface area contributed by atoms with E-state index in [4.69, 9.17) is 11.6 Å². The molecule has 1 aromatic rings. The van der Waals surface area contributed by atoms with Crippen LogP contribution in [0, 0.1) is 6.92 Å². The zero-order chi connectivity index (χ0) is 15.1. The Labute approximate surface area is 120 Å². The van der Waals surface area contributed by atoms with Crippen LogP contribution in [-0.4, -0.2) is 40.2 Å². The number of halogens is 1. The number of anilines is 1. The van der Waals surface area contributed by atoms with Crippen molar-refractivity contribution in [1.82, 2.24) is 15.3 Å². The van der Waals surface area contributed by atoms with Crippen LogP contribution >= 0.6 is 11.6 Å². The fraction of sp³-hybridized carbons (Fsp3) is 0.417. The van der Waals surface area contributed by atoms with Crippen molar-refractivity contribution < 1.29 is 14.4 Å². The van der Waals surface area contributed by atoms with Crippen molar-refractivity contribution in [3.05, 3.63) is 16.5 Å². The van der Waals surface area contributed by atoms with Gasteiger partial charge in [0.15, 0.2) is 6.29 Å². The van der Waals surface area contributed by atoms with Crippen molar-refractivity contribution in [3.63, 3.8) is 0 Å². The van der Waals surface area contributed by atoms with Crippen molar-refractivity contribution in [2.75, 3.05) is 11.4 Å². The summed E-state index contributed by atoms with van der Waals surface area (Å²) >= 11 is 5.93. The lowest BCUT2D eigenvalue weighted by Gasteiger charge is -2.41. The number of carbonyl (C=O) groups is 3. The second-order valence-corrected chi connectivity index (χ2v) is 5.30. The van der Waals surface area contributed by atoms with Crippen LogP contribution in [0.5, 0.6) is 0 Å². The van der Waals surface area contributed by atoms with E-state index < -0.39 is 17.4 Å². The first-order valence-electron chi connectivity index (χ1n) is 5.88. The topological polar surface area (TPSA) is 92.3 Å². The minimum atomic E-state index is -1.03. The molecule has 1 aromatic heterocycles. The number of aromatic nitrogens is 2. The molecule has 2 amide bonds. The predicted octanol–water partition coefficient (Wildman–Crippen LogP) is 0.492. The van der Waals surface area contributed by atoms with Crippen LogP contribution in [0.1, 0.15) is 30.0 Å². The first kappa shape index (κ1) is 14.4. The third kappa shape index (κ3) is 2.24. The van der Waals surface area contributed by atoms with Crippen molar-refractivity contribution >= 4 is 35.5 Å². The van der Waals surface area contributed by atoms with Gasteiger partial charge in [-0.25, -0.2) is 9.97 Å². The van der Waals surface area contributed by atoms with Gasteiger partial charge in [0.1, 0.15) is 22.3 Å². The monoisotopic (exact) mass is 296 g/mol. The van der Waals surface area contributed by atoms with E-state index in [1.807, 2.05) is 0 Å². The molecule has 1 aliphatic rings. The molecule has 106 valence electrons. The van der Waals surface area contributed by atoms with E-state index in [0.717, 1.165) is 0 Å². The van der Waals surface area contributed by atoms with E-state index in [2.05, 4.69) is 15.3 Å². The van der Waals surface area contributed by atoms with Crippen LogP contribution in [0.2, 0.25) is 5.15 Å². The predicted molar refractivity (Wildman–Crippen MR) is 71.7 cm³/mol. The first-order valence-corrected chi connectivity index (χ1v) is 6.26. The minimum Gasteiger partial charge on any atom is -0.332 e. The number of imide groups is 1. The van der Waals surface area contributed by atoms with E-state index >= 15 is 0 Å². The number of aldehydes is 1. The Bertz CT molecular complexity index is 615. The first-order chi connectivity index (χ1) is 9.27. The second kappa shape index (κ2) is 4.82. The van der Waals surface area contributed by atoms with Crippen LogP contribution in [0.3, 0.4) is 0 Å². The highest BCUT2D eigenvalue weighted by atomic mass is 35.5. The number of aryl methyl sites for hydroxylation is 1. The number of carbonyl (C=O) groups excluding carboxylic acids is 3. The van der Waals surface area contributed by atoms with Crippen LogP contribution in [0.25, 0.3) is 0 Å². The lowest BCUT2D eigenvalue weighted by Crippen LogP contribution is -2.64. The number of piperazine rings is 1. The molecule has 1 saturated heterocycles. The normalized spacial score (nSPS) is 17.9. The van der Waals surface area contributed by atoms with Gasteiger partial charge in [-0.15, -0.1) is 0 Å². The summed E-state index contributed by atoms with van der Waals surface area (Å²) in [5.74, 6) is -0.382. The Morgan fingerprint density at radius 3 is 2.60 bits per heavy atom. The van der Waals surface area contributed by atoms with Gasteiger partial charge in [-0.1, -0.05) is 11.6 Å². The SMILES string of the molecule is Cc1nc(Cl)c(C=O)c(N2CC(=O)NC(=O)C2(C)C)n1. The lowest BCUT2D eigenvalue weighted by molar-refractivity contribution is -0.135. The zero-order valence-electron chi connectivity index (χ0n) is 11.2. The molecule has 0 spiro atoms. The molecule has 0 atom stereocenters. The molecule has 1 fully saturated rings.